The molecule has 142 valence electrons. The molecule has 0 unspecified atom stereocenters. The summed E-state index contributed by atoms with van der Waals surface area (Å²) < 4.78 is 2.13. The lowest BCUT2D eigenvalue weighted by Crippen LogP contribution is -3.00. The van der Waals surface area contributed by atoms with Gasteiger partial charge in [-0.05, 0) is 64.5 Å². The molecule has 0 bridgehead atoms. The van der Waals surface area contributed by atoms with E-state index in [1.54, 1.807) is 0 Å². The van der Waals surface area contributed by atoms with Gasteiger partial charge in [0, 0.05) is 36.8 Å². The molecule has 1 aliphatic carbocycles. The first-order chi connectivity index (χ1) is 12.5. The number of hydrogen-bond acceptors (Lipinski definition) is 2. The van der Waals surface area contributed by atoms with Crippen molar-refractivity contribution in [2.24, 2.45) is 0 Å². The third-order valence-corrected chi connectivity index (χ3v) is 5.82. The highest BCUT2D eigenvalue weighted by Gasteiger charge is 2.15. The minimum Gasteiger partial charge on any atom is -1.00 e. The normalized spacial score (nSPS) is 16.0. The van der Waals surface area contributed by atoms with E-state index in [0.717, 1.165) is 6.42 Å². The second-order valence-electron chi connectivity index (χ2n) is 6.91. The van der Waals surface area contributed by atoms with E-state index >= 15 is 0 Å². The summed E-state index contributed by atoms with van der Waals surface area (Å²) in [5.41, 5.74) is 6.29. The van der Waals surface area contributed by atoms with E-state index < -0.39 is 0 Å². The molecule has 0 amide bonds. The van der Waals surface area contributed by atoms with Crippen molar-refractivity contribution in [3.8, 4) is 0 Å². The Kier molecular flexibility index (Phi) is 7.74. The van der Waals surface area contributed by atoms with Crippen molar-refractivity contribution in [1.82, 2.24) is 0 Å². The van der Waals surface area contributed by atoms with Crippen LogP contribution in [0.5, 0.6) is 0 Å². The van der Waals surface area contributed by atoms with E-state index in [-0.39, 0.29) is 24.0 Å². The Labute approximate surface area is 184 Å². The molecule has 4 heteroatoms. The van der Waals surface area contributed by atoms with Gasteiger partial charge in [0.05, 0.1) is 0 Å². The van der Waals surface area contributed by atoms with Gasteiger partial charge in [-0.2, -0.15) is 0 Å². The fourth-order valence-corrected chi connectivity index (χ4v) is 3.97. The van der Waals surface area contributed by atoms with Gasteiger partial charge in [-0.3, -0.25) is 0 Å². The van der Waals surface area contributed by atoms with Gasteiger partial charge >= 0.3 is 0 Å². The summed E-state index contributed by atoms with van der Waals surface area (Å²) in [4.78, 5) is 4.86. The van der Waals surface area contributed by atoms with Crippen LogP contribution in [0.25, 0.3) is 5.57 Å². The molecule has 0 saturated heterocycles. The summed E-state index contributed by atoms with van der Waals surface area (Å²) in [5.74, 6) is 0. The second-order valence-corrected chi connectivity index (χ2v) is 8.08. The number of benzene rings is 1. The van der Waals surface area contributed by atoms with Gasteiger partial charge < -0.3 is 28.9 Å². The van der Waals surface area contributed by atoms with Gasteiger partial charge in [-0.25, -0.2) is 4.58 Å². The molecule has 27 heavy (non-hydrogen) atoms. The van der Waals surface area contributed by atoms with Gasteiger partial charge in [0.1, 0.15) is 14.1 Å². The van der Waals surface area contributed by atoms with Crippen LogP contribution >= 0.6 is 11.8 Å². The molecule has 1 aliphatic heterocycles. The van der Waals surface area contributed by atoms with Crippen molar-refractivity contribution < 1.29 is 28.6 Å². The first-order valence-electron chi connectivity index (χ1n) is 9.00. The SMILES string of the molecule is CCC1=CC(c2ccc(N(C)C)cc2)=CC(=C2C=CC(=[N+](C)C)C=C2)S1.[I-]. The minimum atomic E-state index is 0. The van der Waals surface area contributed by atoms with Crippen LogP contribution in [0.3, 0.4) is 0 Å². The highest BCUT2D eigenvalue weighted by atomic mass is 127. The summed E-state index contributed by atoms with van der Waals surface area (Å²) >= 11 is 1.88. The molecule has 0 radical (unpaired) electrons. The Balaban J connectivity index is 0.00000261. The van der Waals surface area contributed by atoms with E-state index in [0.29, 0.717) is 0 Å². The molecule has 1 heterocycles. The van der Waals surface area contributed by atoms with Gasteiger partial charge in [0.15, 0.2) is 5.71 Å². The fraction of sp³-hybridized carbons (Fsp3) is 0.261. The van der Waals surface area contributed by atoms with E-state index in [1.807, 2.05) is 11.8 Å². The van der Waals surface area contributed by atoms with Crippen LogP contribution in [0.2, 0.25) is 0 Å². The molecule has 2 aliphatic rings. The maximum atomic E-state index is 2.33. The largest absolute Gasteiger partial charge is 1.00 e. The molecule has 0 spiro atoms. The van der Waals surface area contributed by atoms with E-state index in [9.17, 15) is 0 Å². The highest BCUT2D eigenvalue weighted by molar-refractivity contribution is 8.07. The van der Waals surface area contributed by atoms with E-state index in [1.165, 1.54) is 37.9 Å². The summed E-state index contributed by atoms with van der Waals surface area (Å²) in [6, 6.07) is 8.80. The first kappa shape index (κ1) is 21.8. The molecular weight excluding hydrogens is 463 g/mol. The van der Waals surface area contributed by atoms with Crippen LogP contribution in [0.15, 0.2) is 76.1 Å². The van der Waals surface area contributed by atoms with Crippen molar-refractivity contribution in [2.45, 2.75) is 13.3 Å². The van der Waals surface area contributed by atoms with Gasteiger partial charge in [0.2, 0.25) is 0 Å². The summed E-state index contributed by atoms with van der Waals surface area (Å²) in [6.45, 7) is 2.23. The lowest BCUT2D eigenvalue weighted by atomic mass is 10.0. The predicted molar refractivity (Wildman–Crippen MR) is 117 cm³/mol. The third kappa shape index (κ3) is 5.26. The molecule has 0 N–H and O–H groups in total. The summed E-state index contributed by atoms with van der Waals surface area (Å²) in [6.07, 6.45) is 14.5. The molecule has 1 aromatic rings. The minimum absolute atomic E-state index is 0. The smallest absolute Gasteiger partial charge is 0.199 e. The Morgan fingerprint density at radius 3 is 2.07 bits per heavy atom. The van der Waals surface area contributed by atoms with Crippen molar-refractivity contribution in [2.75, 3.05) is 33.1 Å². The van der Waals surface area contributed by atoms with Gasteiger partial charge in [-0.1, -0.05) is 30.8 Å². The Morgan fingerprint density at radius 1 is 0.926 bits per heavy atom. The monoisotopic (exact) mass is 490 g/mol. The van der Waals surface area contributed by atoms with Crippen LogP contribution in [0.1, 0.15) is 18.9 Å². The molecule has 0 fully saturated rings. The van der Waals surface area contributed by atoms with Crippen LogP contribution in [-0.4, -0.2) is 38.5 Å². The molecule has 0 atom stereocenters. The lowest BCUT2D eigenvalue weighted by Gasteiger charge is -2.18. The number of allylic oxidation sites excluding steroid dienone is 9. The standard InChI is InChI=1S/C23H27N2S.HI/c1-6-22-15-19(17-7-11-20(12-8-17)24(2)3)16-23(26-22)18-9-13-21(14-10-18)25(4)5;/h7-16H,6H2,1-5H3;1H/q+1;/p-1. The summed E-state index contributed by atoms with van der Waals surface area (Å²) in [7, 11) is 8.30. The summed E-state index contributed by atoms with van der Waals surface area (Å²) in [5, 5.41) is 0. The van der Waals surface area contributed by atoms with Crippen molar-refractivity contribution >= 4 is 28.7 Å². The average molecular weight is 490 g/mol. The maximum Gasteiger partial charge on any atom is 0.199 e. The number of hydrogen-bond donors (Lipinski definition) is 0. The Bertz CT molecular complexity index is 859. The Hall–Kier alpha value is -1.53. The lowest BCUT2D eigenvalue weighted by molar-refractivity contribution is -0.462. The molecule has 0 saturated carbocycles. The third-order valence-electron chi connectivity index (χ3n) is 4.58. The molecular formula is C23H27IN2S. The second kappa shape index (κ2) is 9.60. The zero-order valence-corrected chi connectivity index (χ0v) is 19.6. The van der Waals surface area contributed by atoms with Gasteiger partial charge in [-0.15, -0.1) is 0 Å². The van der Waals surface area contributed by atoms with Gasteiger partial charge in [0.25, 0.3) is 0 Å². The van der Waals surface area contributed by atoms with E-state index in [2.05, 4.69) is 105 Å². The average Bonchev–Trinajstić information content (AvgIpc) is 2.67. The van der Waals surface area contributed by atoms with Crippen LogP contribution in [0.4, 0.5) is 5.69 Å². The zero-order valence-electron chi connectivity index (χ0n) is 16.7. The molecule has 3 rings (SSSR count). The highest BCUT2D eigenvalue weighted by Crippen LogP contribution is 2.40. The number of anilines is 1. The molecule has 1 aromatic carbocycles. The number of nitrogens with zero attached hydrogens (tertiary/aromatic N) is 2. The van der Waals surface area contributed by atoms with Crippen molar-refractivity contribution in [3.63, 3.8) is 0 Å². The van der Waals surface area contributed by atoms with E-state index in [4.69, 9.17) is 0 Å². The zero-order chi connectivity index (χ0) is 18.7. The molecule has 2 nitrogen and oxygen atoms in total. The number of thioether (sulfide) groups is 1. The number of halogens is 1. The van der Waals surface area contributed by atoms with Crippen LogP contribution < -0.4 is 28.9 Å². The predicted octanol–water partition coefficient (Wildman–Crippen LogP) is 2.27. The number of rotatable bonds is 3. The Morgan fingerprint density at radius 2 is 1.56 bits per heavy atom. The maximum absolute atomic E-state index is 2.33. The van der Waals surface area contributed by atoms with Crippen LogP contribution in [-0.2, 0) is 0 Å². The topological polar surface area (TPSA) is 6.25 Å². The first-order valence-corrected chi connectivity index (χ1v) is 9.82. The molecule has 0 aromatic heterocycles. The fourth-order valence-electron chi connectivity index (χ4n) is 2.92. The van der Waals surface area contributed by atoms with Crippen molar-refractivity contribution in [3.05, 3.63) is 81.7 Å². The van der Waals surface area contributed by atoms with Crippen LogP contribution in [0, 0.1) is 0 Å². The quantitative estimate of drug-likeness (QED) is 0.474. The van der Waals surface area contributed by atoms with Crippen molar-refractivity contribution in [1.29, 1.82) is 0 Å².